The van der Waals surface area contributed by atoms with Crippen LogP contribution in [0.2, 0.25) is 5.02 Å². The number of halogens is 2. The van der Waals surface area contributed by atoms with E-state index in [0.717, 1.165) is 4.47 Å². The smallest absolute Gasteiger partial charge is 0.142 e. The monoisotopic (exact) mass is 336 g/mol. The van der Waals surface area contributed by atoms with E-state index in [1.165, 1.54) is 0 Å². The van der Waals surface area contributed by atoms with Crippen molar-refractivity contribution in [2.45, 2.75) is 0 Å². The first-order chi connectivity index (χ1) is 9.13. The number of hydrogen-bond acceptors (Lipinski definition) is 3. The second kappa shape index (κ2) is 5.96. The summed E-state index contributed by atoms with van der Waals surface area (Å²) in [4.78, 5) is 0. The number of benzene rings is 2. The lowest BCUT2D eigenvalue weighted by atomic mass is 10.2. The largest absolute Gasteiger partial charge is 0.495 e. The Bertz CT molecular complexity index is 652. The van der Waals surface area contributed by atoms with Gasteiger partial charge in [0.25, 0.3) is 0 Å². The molecule has 2 aromatic carbocycles. The first-order valence-electron chi connectivity index (χ1n) is 5.44. The van der Waals surface area contributed by atoms with Gasteiger partial charge in [-0.2, -0.15) is 5.26 Å². The van der Waals surface area contributed by atoms with E-state index in [1.54, 1.807) is 31.4 Å². The van der Waals surface area contributed by atoms with Crippen molar-refractivity contribution >= 4 is 38.9 Å². The third-order valence-electron chi connectivity index (χ3n) is 2.53. The van der Waals surface area contributed by atoms with E-state index in [2.05, 4.69) is 27.3 Å². The summed E-state index contributed by atoms with van der Waals surface area (Å²) in [7, 11) is 1.58. The highest BCUT2D eigenvalue weighted by Crippen LogP contribution is 2.32. The van der Waals surface area contributed by atoms with Crippen molar-refractivity contribution in [3.05, 3.63) is 51.5 Å². The summed E-state index contributed by atoms with van der Waals surface area (Å²) in [5, 5.41) is 12.9. The number of methoxy groups -OCH3 is 1. The van der Waals surface area contributed by atoms with Crippen molar-refractivity contribution in [1.82, 2.24) is 0 Å². The fourth-order valence-electron chi connectivity index (χ4n) is 1.64. The van der Waals surface area contributed by atoms with Crippen molar-refractivity contribution in [3.63, 3.8) is 0 Å². The molecule has 19 heavy (non-hydrogen) atoms. The molecule has 96 valence electrons. The molecule has 3 nitrogen and oxygen atoms in total. The fraction of sp³-hybridized carbons (Fsp3) is 0.0714. The number of ether oxygens (including phenoxy) is 1. The molecule has 0 bridgehead atoms. The van der Waals surface area contributed by atoms with Gasteiger partial charge in [-0.1, -0.05) is 27.5 Å². The Morgan fingerprint density at radius 2 is 2.00 bits per heavy atom. The van der Waals surface area contributed by atoms with Crippen LogP contribution in [0.1, 0.15) is 5.56 Å². The average Bonchev–Trinajstić information content (AvgIpc) is 2.41. The summed E-state index contributed by atoms with van der Waals surface area (Å²) in [5.41, 5.74) is 1.96. The number of rotatable bonds is 3. The Morgan fingerprint density at radius 3 is 2.68 bits per heavy atom. The highest BCUT2D eigenvalue weighted by molar-refractivity contribution is 9.10. The van der Waals surface area contributed by atoms with E-state index in [4.69, 9.17) is 21.6 Å². The van der Waals surface area contributed by atoms with Gasteiger partial charge in [-0.25, -0.2) is 0 Å². The van der Waals surface area contributed by atoms with Gasteiger partial charge in [0, 0.05) is 9.50 Å². The summed E-state index contributed by atoms with van der Waals surface area (Å²) < 4.78 is 6.11. The molecule has 0 aliphatic carbocycles. The van der Waals surface area contributed by atoms with E-state index in [0.29, 0.717) is 27.7 Å². The highest BCUT2D eigenvalue weighted by Gasteiger charge is 2.08. The van der Waals surface area contributed by atoms with Gasteiger partial charge in [0.2, 0.25) is 0 Å². The fourth-order valence-corrected chi connectivity index (χ4v) is 2.17. The lowest BCUT2D eigenvalue weighted by Gasteiger charge is -2.12. The van der Waals surface area contributed by atoms with E-state index >= 15 is 0 Å². The van der Waals surface area contributed by atoms with Crippen molar-refractivity contribution in [1.29, 1.82) is 5.26 Å². The normalized spacial score (nSPS) is 9.79. The molecular formula is C14H10BrClN2O. The molecule has 0 unspecified atom stereocenters. The van der Waals surface area contributed by atoms with Crippen molar-refractivity contribution < 1.29 is 4.74 Å². The van der Waals surface area contributed by atoms with E-state index in [-0.39, 0.29) is 0 Å². The van der Waals surface area contributed by atoms with E-state index < -0.39 is 0 Å². The van der Waals surface area contributed by atoms with Crippen LogP contribution in [0.25, 0.3) is 0 Å². The molecule has 0 saturated heterocycles. The summed E-state index contributed by atoms with van der Waals surface area (Å²) >= 11 is 9.31. The Kier molecular flexibility index (Phi) is 4.31. The summed E-state index contributed by atoms with van der Waals surface area (Å²) in [5.74, 6) is 0.663. The summed E-state index contributed by atoms with van der Waals surface area (Å²) in [6.07, 6.45) is 0. The molecule has 1 N–H and O–H groups in total. The van der Waals surface area contributed by atoms with Crippen LogP contribution in [-0.4, -0.2) is 7.11 Å². The number of nitrogens with zero attached hydrogens (tertiary/aromatic N) is 1. The van der Waals surface area contributed by atoms with Crippen LogP contribution in [0, 0.1) is 11.3 Å². The molecule has 0 aliphatic rings. The predicted octanol–water partition coefficient (Wildman–Crippen LogP) is 4.73. The Labute approximate surface area is 124 Å². The number of hydrogen-bond donors (Lipinski definition) is 1. The van der Waals surface area contributed by atoms with Gasteiger partial charge < -0.3 is 10.1 Å². The molecule has 0 heterocycles. The minimum absolute atomic E-state index is 0.538. The Morgan fingerprint density at radius 1 is 1.21 bits per heavy atom. The molecule has 0 aromatic heterocycles. The van der Waals surface area contributed by atoms with Gasteiger partial charge in [-0.3, -0.25) is 0 Å². The van der Waals surface area contributed by atoms with E-state index in [1.807, 2.05) is 12.1 Å². The third-order valence-corrected chi connectivity index (χ3v) is 3.26. The molecule has 2 rings (SSSR count). The lowest BCUT2D eigenvalue weighted by Crippen LogP contribution is -1.96. The van der Waals surface area contributed by atoms with Crippen molar-refractivity contribution in [3.8, 4) is 11.8 Å². The van der Waals surface area contributed by atoms with Gasteiger partial charge in [0.1, 0.15) is 11.8 Å². The first kappa shape index (κ1) is 13.7. The highest BCUT2D eigenvalue weighted by atomic mass is 79.9. The van der Waals surface area contributed by atoms with Crippen LogP contribution in [0.5, 0.6) is 5.75 Å². The molecule has 0 radical (unpaired) electrons. The molecule has 5 heteroatoms. The van der Waals surface area contributed by atoms with Crippen molar-refractivity contribution in [2.24, 2.45) is 0 Å². The van der Waals surface area contributed by atoms with Gasteiger partial charge in [0.05, 0.1) is 24.0 Å². The van der Waals surface area contributed by atoms with Gasteiger partial charge in [0.15, 0.2) is 0 Å². The standard InChI is InChI=1S/C14H10BrClN2O/c1-19-14-5-3-11(16)7-13(14)18-12-4-2-10(15)6-9(12)8-17/h2-7,18H,1H3. The molecule has 0 fully saturated rings. The van der Waals surface area contributed by atoms with Crippen LogP contribution < -0.4 is 10.1 Å². The molecule has 0 aliphatic heterocycles. The number of nitriles is 1. The molecule has 0 spiro atoms. The van der Waals surface area contributed by atoms with Crippen LogP contribution in [0.3, 0.4) is 0 Å². The Hall–Kier alpha value is -1.70. The van der Waals surface area contributed by atoms with Crippen LogP contribution in [0.15, 0.2) is 40.9 Å². The average molecular weight is 338 g/mol. The van der Waals surface area contributed by atoms with Gasteiger partial charge in [-0.15, -0.1) is 0 Å². The minimum Gasteiger partial charge on any atom is -0.495 e. The van der Waals surface area contributed by atoms with E-state index in [9.17, 15) is 0 Å². The maximum atomic E-state index is 9.13. The zero-order valence-electron chi connectivity index (χ0n) is 10.1. The maximum absolute atomic E-state index is 9.13. The molecule has 0 atom stereocenters. The van der Waals surface area contributed by atoms with Gasteiger partial charge >= 0.3 is 0 Å². The number of anilines is 2. The van der Waals surface area contributed by atoms with Crippen LogP contribution in [0.4, 0.5) is 11.4 Å². The number of nitrogens with one attached hydrogen (secondary N) is 1. The maximum Gasteiger partial charge on any atom is 0.142 e. The van der Waals surface area contributed by atoms with Crippen LogP contribution >= 0.6 is 27.5 Å². The zero-order chi connectivity index (χ0) is 13.8. The summed E-state index contributed by atoms with van der Waals surface area (Å²) in [6.45, 7) is 0. The topological polar surface area (TPSA) is 45.0 Å². The molecule has 2 aromatic rings. The lowest BCUT2D eigenvalue weighted by molar-refractivity contribution is 0.417. The molecular weight excluding hydrogens is 328 g/mol. The quantitative estimate of drug-likeness (QED) is 0.881. The second-order valence-electron chi connectivity index (χ2n) is 3.77. The first-order valence-corrected chi connectivity index (χ1v) is 6.61. The zero-order valence-corrected chi connectivity index (χ0v) is 12.4. The minimum atomic E-state index is 0.538. The van der Waals surface area contributed by atoms with Crippen LogP contribution in [-0.2, 0) is 0 Å². The SMILES string of the molecule is COc1ccc(Cl)cc1Nc1ccc(Br)cc1C#N. The summed E-state index contributed by atoms with van der Waals surface area (Å²) in [6, 6.07) is 12.9. The molecule has 0 saturated carbocycles. The Balaban J connectivity index is 2.41. The van der Waals surface area contributed by atoms with Crippen molar-refractivity contribution in [2.75, 3.05) is 12.4 Å². The second-order valence-corrected chi connectivity index (χ2v) is 5.12. The molecule has 0 amide bonds. The predicted molar refractivity (Wildman–Crippen MR) is 80.1 cm³/mol. The third kappa shape index (κ3) is 3.19. The van der Waals surface area contributed by atoms with Gasteiger partial charge in [-0.05, 0) is 36.4 Å².